The van der Waals surface area contributed by atoms with Gasteiger partial charge in [0.1, 0.15) is 0 Å². The molecular formula is C19H25N3O. The molecule has 2 aromatic rings. The fourth-order valence-electron chi connectivity index (χ4n) is 2.30. The summed E-state index contributed by atoms with van der Waals surface area (Å²) >= 11 is 0. The van der Waals surface area contributed by atoms with E-state index in [2.05, 4.69) is 27.7 Å². The summed E-state index contributed by atoms with van der Waals surface area (Å²) in [5.74, 6) is 0.0242. The van der Waals surface area contributed by atoms with Gasteiger partial charge >= 0.3 is 0 Å². The quantitative estimate of drug-likeness (QED) is 0.852. The number of nitrogens with zero attached hydrogens (tertiary/aromatic N) is 1. The molecule has 2 rings (SSSR count). The van der Waals surface area contributed by atoms with Gasteiger partial charge in [-0.15, -0.1) is 0 Å². The van der Waals surface area contributed by atoms with E-state index < -0.39 is 0 Å². The molecule has 1 amide bonds. The molecule has 0 spiro atoms. The van der Waals surface area contributed by atoms with Crippen molar-refractivity contribution in [1.82, 2.24) is 0 Å². The molecule has 0 atom stereocenters. The van der Waals surface area contributed by atoms with Crippen molar-refractivity contribution in [2.45, 2.75) is 20.3 Å². The van der Waals surface area contributed by atoms with Crippen LogP contribution in [0.15, 0.2) is 42.5 Å². The van der Waals surface area contributed by atoms with Crippen LogP contribution in [-0.4, -0.2) is 26.5 Å². The van der Waals surface area contributed by atoms with E-state index >= 15 is 0 Å². The smallest absolute Gasteiger partial charge is 0.226 e. The SMILES string of the molecule is Cc1cccc(NC(=O)CCNc2ccc(N(C)C)cc2)c1C. The van der Waals surface area contributed by atoms with E-state index in [-0.39, 0.29) is 5.91 Å². The average molecular weight is 311 g/mol. The topological polar surface area (TPSA) is 44.4 Å². The van der Waals surface area contributed by atoms with Crippen molar-refractivity contribution in [2.24, 2.45) is 0 Å². The first-order valence-electron chi connectivity index (χ1n) is 7.84. The molecule has 0 aliphatic rings. The number of carbonyl (C=O) groups is 1. The summed E-state index contributed by atoms with van der Waals surface area (Å²) in [6.07, 6.45) is 0.433. The molecule has 122 valence electrons. The Labute approximate surface area is 138 Å². The van der Waals surface area contributed by atoms with Crippen molar-refractivity contribution < 1.29 is 4.79 Å². The molecule has 0 bridgehead atoms. The first-order valence-corrected chi connectivity index (χ1v) is 7.84. The van der Waals surface area contributed by atoms with Gasteiger partial charge in [0.15, 0.2) is 0 Å². The van der Waals surface area contributed by atoms with E-state index in [1.165, 1.54) is 5.56 Å². The molecule has 0 aliphatic carbocycles. The van der Waals surface area contributed by atoms with Crippen LogP contribution < -0.4 is 15.5 Å². The Hall–Kier alpha value is -2.49. The Morgan fingerprint density at radius 2 is 1.74 bits per heavy atom. The molecule has 0 saturated carbocycles. The lowest BCUT2D eigenvalue weighted by Crippen LogP contribution is -2.17. The van der Waals surface area contributed by atoms with Gasteiger partial charge in [0.25, 0.3) is 0 Å². The maximum absolute atomic E-state index is 12.1. The Kier molecular flexibility index (Phi) is 5.63. The van der Waals surface area contributed by atoms with Crippen molar-refractivity contribution in [3.8, 4) is 0 Å². The fourth-order valence-corrected chi connectivity index (χ4v) is 2.30. The number of hydrogen-bond donors (Lipinski definition) is 2. The second kappa shape index (κ2) is 7.68. The first kappa shape index (κ1) is 16.9. The number of amides is 1. The van der Waals surface area contributed by atoms with Crippen LogP contribution >= 0.6 is 0 Å². The molecule has 0 saturated heterocycles. The summed E-state index contributed by atoms with van der Waals surface area (Å²) < 4.78 is 0. The molecule has 0 unspecified atom stereocenters. The number of benzene rings is 2. The Morgan fingerprint density at radius 1 is 1.04 bits per heavy atom. The van der Waals surface area contributed by atoms with Crippen LogP contribution in [0.1, 0.15) is 17.5 Å². The highest BCUT2D eigenvalue weighted by atomic mass is 16.1. The van der Waals surface area contributed by atoms with Crippen molar-refractivity contribution >= 4 is 23.0 Å². The molecule has 2 N–H and O–H groups in total. The van der Waals surface area contributed by atoms with Gasteiger partial charge in [0.05, 0.1) is 0 Å². The number of anilines is 3. The number of nitrogens with one attached hydrogen (secondary N) is 2. The third-order valence-electron chi connectivity index (χ3n) is 3.94. The molecular weight excluding hydrogens is 286 g/mol. The Morgan fingerprint density at radius 3 is 2.39 bits per heavy atom. The number of rotatable bonds is 6. The summed E-state index contributed by atoms with van der Waals surface area (Å²) in [6.45, 7) is 4.68. The molecule has 0 fully saturated rings. The highest BCUT2D eigenvalue weighted by Gasteiger charge is 2.06. The second-order valence-electron chi connectivity index (χ2n) is 5.91. The fraction of sp³-hybridized carbons (Fsp3) is 0.316. The largest absolute Gasteiger partial charge is 0.385 e. The molecule has 2 aromatic carbocycles. The van der Waals surface area contributed by atoms with Gasteiger partial charge in [-0.2, -0.15) is 0 Å². The highest BCUT2D eigenvalue weighted by molar-refractivity contribution is 5.91. The van der Waals surface area contributed by atoms with Gasteiger partial charge in [-0.05, 0) is 55.3 Å². The molecule has 4 heteroatoms. The van der Waals surface area contributed by atoms with Crippen LogP contribution in [0.2, 0.25) is 0 Å². The number of carbonyl (C=O) groups excluding carboxylic acids is 1. The minimum absolute atomic E-state index is 0.0242. The summed E-state index contributed by atoms with van der Waals surface area (Å²) in [5, 5.41) is 6.25. The van der Waals surface area contributed by atoms with E-state index in [4.69, 9.17) is 0 Å². The third-order valence-corrected chi connectivity index (χ3v) is 3.94. The van der Waals surface area contributed by atoms with Gasteiger partial charge < -0.3 is 15.5 Å². The number of hydrogen-bond acceptors (Lipinski definition) is 3. The normalized spacial score (nSPS) is 10.3. The number of aryl methyl sites for hydroxylation is 1. The maximum Gasteiger partial charge on any atom is 0.226 e. The van der Waals surface area contributed by atoms with Crippen LogP contribution in [0.3, 0.4) is 0 Å². The monoisotopic (exact) mass is 311 g/mol. The van der Waals surface area contributed by atoms with Gasteiger partial charge in [-0.3, -0.25) is 4.79 Å². The summed E-state index contributed by atoms with van der Waals surface area (Å²) in [5.41, 5.74) is 5.37. The van der Waals surface area contributed by atoms with Gasteiger partial charge in [0.2, 0.25) is 5.91 Å². The third kappa shape index (κ3) is 4.74. The molecule has 0 heterocycles. The molecule has 23 heavy (non-hydrogen) atoms. The zero-order valence-electron chi connectivity index (χ0n) is 14.3. The van der Waals surface area contributed by atoms with Crippen molar-refractivity contribution in [1.29, 1.82) is 0 Å². The lowest BCUT2D eigenvalue weighted by Gasteiger charge is -2.13. The zero-order valence-corrected chi connectivity index (χ0v) is 14.3. The van der Waals surface area contributed by atoms with Crippen LogP contribution in [0.25, 0.3) is 0 Å². The lowest BCUT2D eigenvalue weighted by atomic mass is 10.1. The predicted octanol–water partition coefficient (Wildman–Crippen LogP) is 3.81. The first-order chi connectivity index (χ1) is 11.0. The molecule has 4 nitrogen and oxygen atoms in total. The van der Waals surface area contributed by atoms with E-state index in [1.807, 2.05) is 58.3 Å². The van der Waals surface area contributed by atoms with E-state index in [0.29, 0.717) is 13.0 Å². The molecule has 0 radical (unpaired) electrons. The van der Waals surface area contributed by atoms with Crippen LogP contribution in [-0.2, 0) is 4.79 Å². The minimum Gasteiger partial charge on any atom is -0.385 e. The van der Waals surface area contributed by atoms with Crippen LogP contribution in [0.5, 0.6) is 0 Å². The van der Waals surface area contributed by atoms with Crippen molar-refractivity contribution in [3.63, 3.8) is 0 Å². The average Bonchev–Trinajstić information content (AvgIpc) is 2.52. The van der Waals surface area contributed by atoms with Crippen molar-refractivity contribution in [3.05, 3.63) is 53.6 Å². The van der Waals surface area contributed by atoms with Gasteiger partial charge in [-0.1, -0.05) is 12.1 Å². The summed E-state index contributed by atoms with van der Waals surface area (Å²) in [6, 6.07) is 14.1. The highest BCUT2D eigenvalue weighted by Crippen LogP contribution is 2.18. The summed E-state index contributed by atoms with van der Waals surface area (Å²) in [7, 11) is 4.03. The van der Waals surface area contributed by atoms with E-state index in [9.17, 15) is 4.79 Å². The van der Waals surface area contributed by atoms with Crippen LogP contribution in [0.4, 0.5) is 17.1 Å². The Balaban J connectivity index is 1.81. The van der Waals surface area contributed by atoms with Gasteiger partial charge in [0, 0.05) is 44.1 Å². The predicted molar refractivity (Wildman–Crippen MR) is 98.4 cm³/mol. The van der Waals surface area contributed by atoms with Gasteiger partial charge in [-0.25, -0.2) is 0 Å². The summed E-state index contributed by atoms with van der Waals surface area (Å²) in [4.78, 5) is 14.1. The van der Waals surface area contributed by atoms with Crippen LogP contribution in [0, 0.1) is 13.8 Å². The van der Waals surface area contributed by atoms with E-state index in [1.54, 1.807) is 0 Å². The standard InChI is InChI=1S/C19H25N3O/c1-14-6-5-7-18(15(14)2)21-19(23)12-13-20-16-8-10-17(11-9-16)22(3)4/h5-11,20H,12-13H2,1-4H3,(H,21,23). The Bertz CT molecular complexity index is 663. The molecule has 0 aromatic heterocycles. The maximum atomic E-state index is 12.1. The zero-order chi connectivity index (χ0) is 16.8. The molecule has 0 aliphatic heterocycles. The van der Waals surface area contributed by atoms with E-state index in [0.717, 1.165) is 22.6 Å². The van der Waals surface area contributed by atoms with Crippen molar-refractivity contribution in [2.75, 3.05) is 36.2 Å². The minimum atomic E-state index is 0.0242. The lowest BCUT2D eigenvalue weighted by molar-refractivity contribution is -0.115. The second-order valence-corrected chi connectivity index (χ2v) is 5.91.